The van der Waals surface area contributed by atoms with Crippen LogP contribution in [-0.2, 0) is 10.3 Å². The van der Waals surface area contributed by atoms with Crippen LogP contribution in [0.15, 0.2) is 24.4 Å². The van der Waals surface area contributed by atoms with Crippen molar-refractivity contribution in [2.45, 2.75) is 38.6 Å². The van der Waals surface area contributed by atoms with E-state index < -0.39 is 17.6 Å². The van der Waals surface area contributed by atoms with E-state index in [2.05, 4.69) is 10.4 Å². The maximum Gasteiger partial charge on any atom is 0.226 e. The molecular weight excluding hydrogens is 288 g/mol. The van der Waals surface area contributed by atoms with Gasteiger partial charge < -0.3 is 5.32 Å². The van der Waals surface area contributed by atoms with Crippen LogP contribution in [0.5, 0.6) is 0 Å². The van der Waals surface area contributed by atoms with Gasteiger partial charge in [0, 0.05) is 24.0 Å². The number of nitrogens with zero attached hydrogens (tertiary/aromatic N) is 2. The van der Waals surface area contributed by atoms with E-state index in [4.69, 9.17) is 0 Å². The van der Waals surface area contributed by atoms with Crippen LogP contribution in [0.3, 0.4) is 0 Å². The Morgan fingerprint density at radius 3 is 2.64 bits per heavy atom. The largest absolute Gasteiger partial charge is 0.311 e. The second-order valence-corrected chi connectivity index (χ2v) is 6.50. The molecule has 0 fully saturated rings. The Morgan fingerprint density at radius 2 is 2.00 bits per heavy atom. The molecular formula is C16H17F2N3O. The van der Waals surface area contributed by atoms with Gasteiger partial charge in [0.15, 0.2) is 0 Å². The van der Waals surface area contributed by atoms with Gasteiger partial charge in [-0.15, -0.1) is 0 Å². The Bertz CT molecular complexity index is 746. The molecule has 1 atom stereocenters. The lowest BCUT2D eigenvalue weighted by Crippen LogP contribution is -2.30. The number of benzene rings is 1. The van der Waals surface area contributed by atoms with E-state index in [0.29, 0.717) is 11.4 Å². The summed E-state index contributed by atoms with van der Waals surface area (Å²) in [5, 5.41) is 7.14. The van der Waals surface area contributed by atoms with Crippen LogP contribution in [0.2, 0.25) is 0 Å². The fourth-order valence-electron chi connectivity index (χ4n) is 2.79. The highest BCUT2D eigenvalue weighted by molar-refractivity contribution is 5.94. The van der Waals surface area contributed by atoms with E-state index in [-0.39, 0.29) is 17.9 Å². The number of halogens is 2. The lowest BCUT2D eigenvalue weighted by atomic mass is 9.87. The first-order valence-corrected chi connectivity index (χ1v) is 7.10. The van der Waals surface area contributed by atoms with Gasteiger partial charge in [-0.2, -0.15) is 5.10 Å². The smallest absolute Gasteiger partial charge is 0.226 e. The molecule has 3 rings (SSSR count). The molecule has 1 N–H and O–H groups in total. The zero-order valence-electron chi connectivity index (χ0n) is 12.7. The minimum absolute atomic E-state index is 0.116. The van der Waals surface area contributed by atoms with Crippen molar-refractivity contribution in [3.63, 3.8) is 0 Å². The van der Waals surface area contributed by atoms with Crippen LogP contribution in [-0.4, -0.2) is 15.7 Å². The number of fused-ring (bicyclic) bond motifs is 1. The first kappa shape index (κ1) is 14.7. The summed E-state index contributed by atoms with van der Waals surface area (Å²) < 4.78 is 28.9. The average Bonchev–Trinajstić information content (AvgIpc) is 2.81. The average molecular weight is 305 g/mol. The van der Waals surface area contributed by atoms with Crippen molar-refractivity contribution in [3.8, 4) is 0 Å². The van der Waals surface area contributed by atoms with Gasteiger partial charge in [-0.05, 0) is 32.4 Å². The number of carbonyl (C=O) groups is 1. The van der Waals surface area contributed by atoms with Crippen molar-refractivity contribution >= 4 is 11.7 Å². The molecule has 1 aliphatic rings. The zero-order chi connectivity index (χ0) is 16.1. The van der Waals surface area contributed by atoms with Crippen molar-refractivity contribution in [1.82, 2.24) is 9.78 Å². The molecule has 1 aromatic heterocycles. The number of nitrogens with one attached hydrogen (secondary N) is 1. The first-order chi connectivity index (χ1) is 10.3. The minimum Gasteiger partial charge on any atom is -0.311 e. The fourth-order valence-corrected chi connectivity index (χ4v) is 2.79. The van der Waals surface area contributed by atoms with E-state index in [1.54, 1.807) is 10.9 Å². The third-order valence-electron chi connectivity index (χ3n) is 3.79. The summed E-state index contributed by atoms with van der Waals surface area (Å²) in [4.78, 5) is 12.0. The third-order valence-corrected chi connectivity index (χ3v) is 3.79. The predicted octanol–water partition coefficient (Wildman–Crippen LogP) is 3.39. The number of rotatable bonds is 1. The van der Waals surface area contributed by atoms with E-state index in [1.165, 1.54) is 12.1 Å². The van der Waals surface area contributed by atoms with Crippen molar-refractivity contribution in [3.05, 3.63) is 47.2 Å². The molecule has 1 amide bonds. The van der Waals surface area contributed by atoms with Crippen LogP contribution < -0.4 is 5.32 Å². The SMILES string of the molecule is CC(C)(C)n1ncc2c1NC(=O)C[C@H]2c1ccc(F)cc1F. The zero-order valence-corrected chi connectivity index (χ0v) is 12.7. The number of amides is 1. The van der Waals surface area contributed by atoms with E-state index in [1.807, 2.05) is 20.8 Å². The van der Waals surface area contributed by atoms with Crippen molar-refractivity contribution < 1.29 is 13.6 Å². The lowest BCUT2D eigenvalue weighted by molar-refractivity contribution is -0.116. The Kier molecular flexibility index (Phi) is 3.27. The Balaban J connectivity index is 2.13. The van der Waals surface area contributed by atoms with Crippen molar-refractivity contribution in [2.75, 3.05) is 5.32 Å². The highest BCUT2D eigenvalue weighted by atomic mass is 19.1. The van der Waals surface area contributed by atoms with Gasteiger partial charge in [-0.1, -0.05) is 6.07 Å². The normalized spacial score (nSPS) is 18.0. The summed E-state index contributed by atoms with van der Waals surface area (Å²) >= 11 is 0. The van der Waals surface area contributed by atoms with Crippen LogP contribution in [0, 0.1) is 11.6 Å². The maximum absolute atomic E-state index is 14.1. The molecule has 1 aliphatic heterocycles. The number of hydrogen-bond donors (Lipinski definition) is 1. The van der Waals surface area contributed by atoms with E-state index >= 15 is 0 Å². The molecule has 22 heavy (non-hydrogen) atoms. The summed E-state index contributed by atoms with van der Waals surface area (Å²) in [5.74, 6) is -1.36. The molecule has 2 heterocycles. The van der Waals surface area contributed by atoms with Crippen molar-refractivity contribution in [1.29, 1.82) is 0 Å². The summed E-state index contributed by atoms with van der Waals surface area (Å²) in [6.07, 6.45) is 1.76. The standard InChI is InChI=1S/C16H17F2N3O/c1-16(2,3)21-15-12(8-19-21)11(7-14(22)20-15)10-5-4-9(17)6-13(10)18/h4-6,8,11H,7H2,1-3H3,(H,20,22)/t11-/m0/s1. The third kappa shape index (κ3) is 2.38. The highest BCUT2D eigenvalue weighted by Crippen LogP contribution is 2.39. The molecule has 2 aromatic rings. The summed E-state index contributed by atoms with van der Waals surface area (Å²) in [7, 11) is 0. The van der Waals surface area contributed by atoms with Gasteiger partial charge in [-0.25, -0.2) is 13.5 Å². The van der Waals surface area contributed by atoms with Crippen LogP contribution >= 0.6 is 0 Å². The quantitative estimate of drug-likeness (QED) is 0.878. The Morgan fingerprint density at radius 1 is 1.27 bits per heavy atom. The van der Waals surface area contributed by atoms with Gasteiger partial charge in [0.05, 0.1) is 11.7 Å². The lowest BCUT2D eigenvalue weighted by Gasteiger charge is -2.28. The van der Waals surface area contributed by atoms with Gasteiger partial charge in [-0.3, -0.25) is 4.79 Å². The van der Waals surface area contributed by atoms with E-state index in [9.17, 15) is 13.6 Å². The van der Waals surface area contributed by atoms with Crippen LogP contribution in [0.1, 0.15) is 44.2 Å². The number of carbonyl (C=O) groups excluding carboxylic acids is 1. The molecule has 0 radical (unpaired) electrons. The number of aromatic nitrogens is 2. The monoisotopic (exact) mass is 305 g/mol. The highest BCUT2D eigenvalue weighted by Gasteiger charge is 2.33. The summed E-state index contributed by atoms with van der Waals surface area (Å²) in [6, 6.07) is 3.45. The second kappa shape index (κ2) is 4.90. The topological polar surface area (TPSA) is 46.9 Å². The molecule has 0 unspecified atom stereocenters. The molecule has 4 nitrogen and oxygen atoms in total. The minimum atomic E-state index is -0.644. The molecule has 116 valence electrons. The molecule has 0 bridgehead atoms. The van der Waals surface area contributed by atoms with Gasteiger partial charge in [0.25, 0.3) is 0 Å². The first-order valence-electron chi connectivity index (χ1n) is 7.10. The van der Waals surface area contributed by atoms with Gasteiger partial charge in [0.2, 0.25) is 5.91 Å². The molecule has 1 aromatic carbocycles. The summed E-state index contributed by atoms with van der Waals surface area (Å²) in [6.45, 7) is 5.90. The predicted molar refractivity (Wildman–Crippen MR) is 78.7 cm³/mol. The number of anilines is 1. The van der Waals surface area contributed by atoms with Gasteiger partial charge >= 0.3 is 0 Å². The summed E-state index contributed by atoms with van der Waals surface area (Å²) in [5.41, 5.74) is 0.746. The van der Waals surface area contributed by atoms with Gasteiger partial charge in [0.1, 0.15) is 17.5 Å². The van der Waals surface area contributed by atoms with Crippen LogP contribution in [0.4, 0.5) is 14.6 Å². The van der Waals surface area contributed by atoms with Crippen LogP contribution in [0.25, 0.3) is 0 Å². The Labute approximate surface area is 127 Å². The second-order valence-electron chi connectivity index (χ2n) is 6.50. The number of hydrogen-bond acceptors (Lipinski definition) is 2. The molecule has 6 heteroatoms. The fraction of sp³-hybridized carbons (Fsp3) is 0.375. The molecule has 0 saturated heterocycles. The Hall–Kier alpha value is -2.24. The molecule has 0 spiro atoms. The van der Waals surface area contributed by atoms with Crippen molar-refractivity contribution in [2.24, 2.45) is 0 Å². The maximum atomic E-state index is 14.1. The molecule has 0 aliphatic carbocycles. The van der Waals surface area contributed by atoms with E-state index in [0.717, 1.165) is 11.6 Å². The molecule has 0 saturated carbocycles.